The molecular weight excluding hydrogens is 312 g/mol. The molecule has 5 nitrogen and oxygen atoms in total. The Hall–Kier alpha value is -1.85. The van der Waals surface area contributed by atoms with Crippen LogP contribution in [0.4, 0.5) is 0 Å². The standard InChI is InChI=1S/C20H32N4O/c1-3-12-24-13-10-18(11-14-24)23-20(21-4-2)22-16-19(25)15-17-8-6-5-7-9-17/h3,5-9,18-19,25H,1,4,10-16H2,2H3,(H2,21,22,23). The molecule has 5 heteroatoms. The number of nitrogens with one attached hydrogen (secondary N) is 2. The molecule has 1 heterocycles. The Morgan fingerprint density at radius 2 is 2.08 bits per heavy atom. The zero-order chi connectivity index (χ0) is 17.9. The molecule has 138 valence electrons. The third-order valence-corrected chi connectivity index (χ3v) is 4.43. The molecule has 0 amide bonds. The maximum absolute atomic E-state index is 10.2. The van der Waals surface area contributed by atoms with Gasteiger partial charge in [0.2, 0.25) is 0 Å². The fourth-order valence-electron chi connectivity index (χ4n) is 3.10. The van der Waals surface area contributed by atoms with Crippen LogP contribution in [0, 0.1) is 0 Å². The van der Waals surface area contributed by atoms with Gasteiger partial charge in [-0.1, -0.05) is 36.4 Å². The minimum absolute atomic E-state index is 0.402. The molecule has 1 fully saturated rings. The molecular formula is C20H32N4O. The molecule has 0 aromatic heterocycles. The number of nitrogens with zero attached hydrogens (tertiary/aromatic N) is 2. The quantitative estimate of drug-likeness (QED) is 0.382. The van der Waals surface area contributed by atoms with Crippen LogP contribution in [-0.2, 0) is 6.42 Å². The molecule has 0 spiro atoms. The van der Waals surface area contributed by atoms with Gasteiger partial charge in [-0.15, -0.1) is 6.58 Å². The van der Waals surface area contributed by atoms with E-state index in [-0.39, 0.29) is 0 Å². The number of piperidine rings is 1. The molecule has 1 saturated heterocycles. The van der Waals surface area contributed by atoms with E-state index in [0.717, 1.165) is 50.5 Å². The molecule has 1 aliphatic rings. The van der Waals surface area contributed by atoms with E-state index >= 15 is 0 Å². The van der Waals surface area contributed by atoms with Crippen LogP contribution in [0.1, 0.15) is 25.3 Å². The Morgan fingerprint density at radius 3 is 2.72 bits per heavy atom. The third-order valence-electron chi connectivity index (χ3n) is 4.43. The Morgan fingerprint density at radius 1 is 1.36 bits per heavy atom. The normalized spacial score (nSPS) is 17.9. The van der Waals surface area contributed by atoms with Crippen molar-refractivity contribution in [2.24, 2.45) is 4.99 Å². The van der Waals surface area contributed by atoms with Crippen LogP contribution >= 0.6 is 0 Å². The molecule has 1 aliphatic heterocycles. The first-order chi connectivity index (χ1) is 12.2. The lowest BCUT2D eigenvalue weighted by Gasteiger charge is -2.32. The molecule has 25 heavy (non-hydrogen) atoms. The highest BCUT2D eigenvalue weighted by molar-refractivity contribution is 5.80. The molecule has 0 bridgehead atoms. The largest absolute Gasteiger partial charge is 0.391 e. The Labute approximate surface area is 151 Å². The minimum Gasteiger partial charge on any atom is -0.391 e. The van der Waals surface area contributed by atoms with Crippen LogP contribution in [0.15, 0.2) is 48.0 Å². The summed E-state index contributed by atoms with van der Waals surface area (Å²) < 4.78 is 0. The fourth-order valence-corrected chi connectivity index (χ4v) is 3.10. The van der Waals surface area contributed by atoms with Crippen molar-refractivity contribution in [3.8, 4) is 0 Å². The van der Waals surface area contributed by atoms with Gasteiger partial charge < -0.3 is 15.7 Å². The third kappa shape index (κ3) is 7.28. The second kappa shape index (κ2) is 10.9. The highest BCUT2D eigenvalue weighted by atomic mass is 16.3. The van der Waals surface area contributed by atoms with Crippen molar-refractivity contribution in [2.45, 2.75) is 38.3 Å². The summed E-state index contributed by atoms with van der Waals surface area (Å²) in [6.07, 6.45) is 4.33. The predicted octanol–water partition coefficient (Wildman–Crippen LogP) is 1.80. The lowest BCUT2D eigenvalue weighted by molar-refractivity contribution is 0.183. The number of aliphatic hydroxyl groups is 1. The maximum atomic E-state index is 10.2. The van der Waals surface area contributed by atoms with E-state index in [1.54, 1.807) is 0 Å². The number of rotatable bonds is 8. The molecule has 1 aromatic rings. The number of guanidine groups is 1. The van der Waals surface area contributed by atoms with E-state index in [1.165, 1.54) is 0 Å². The van der Waals surface area contributed by atoms with E-state index in [9.17, 15) is 5.11 Å². The Bertz CT molecular complexity index is 524. The second-order valence-electron chi connectivity index (χ2n) is 6.57. The first kappa shape index (κ1) is 19.5. The molecule has 1 unspecified atom stereocenters. The zero-order valence-corrected chi connectivity index (χ0v) is 15.3. The van der Waals surface area contributed by atoms with Crippen molar-refractivity contribution in [2.75, 3.05) is 32.7 Å². The first-order valence-electron chi connectivity index (χ1n) is 9.31. The van der Waals surface area contributed by atoms with Crippen LogP contribution in [0.2, 0.25) is 0 Å². The molecule has 1 atom stereocenters. The molecule has 1 aromatic carbocycles. The number of aliphatic hydroxyl groups excluding tert-OH is 1. The van der Waals surface area contributed by atoms with Crippen molar-refractivity contribution in [1.29, 1.82) is 0 Å². The van der Waals surface area contributed by atoms with Crippen LogP contribution in [0.3, 0.4) is 0 Å². The van der Waals surface area contributed by atoms with Gasteiger partial charge >= 0.3 is 0 Å². The molecule has 3 N–H and O–H groups in total. The van der Waals surface area contributed by atoms with Crippen molar-refractivity contribution < 1.29 is 5.11 Å². The van der Waals surface area contributed by atoms with Gasteiger partial charge in [-0.2, -0.15) is 0 Å². The summed E-state index contributed by atoms with van der Waals surface area (Å²) in [4.78, 5) is 6.99. The minimum atomic E-state index is -0.465. The van der Waals surface area contributed by atoms with Gasteiger partial charge in [-0.05, 0) is 25.3 Å². The topological polar surface area (TPSA) is 59.9 Å². The van der Waals surface area contributed by atoms with E-state index in [1.807, 2.05) is 36.4 Å². The predicted molar refractivity (Wildman–Crippen MR) is 105 cm³/mol. The molecule has 2 rings (SSSR count). The highest BCUT2D eigenvalue weighted by Crippen LogP contribution is 2.10. The first-order valence-corrected chi connectivity index (χ1v) is 9.31. The summed E-state index contributed by atoms with van der Waals surface area (Å²) in [5.41, 5.74) is 1.14. The average Bonchev–Trinajstić information content (AvgIpc) is 2.63. The number of benzene rings is 1. The number of aliphatic imine (C=N–C) groups is 1. The van der Waals surface area contributed by atoms with Gasteiger partial charge in [0.1, 0.15) is 0 Å². The average molecular weight is 345 g/mol. The lowest BCUT2D eigenvalue weighted by atomic mass is 10.1. The maximum Gasteiger partial charge on any atom is 0.191 e. The SMILES string of the molecule is C=CCN1CCC(NC(=NCC(O)Cc2ccccc2)NCC)CC1. The number of hydrogen-bond donors (Lipinski definition) is 3. The molecule has 0 aliphatic carbocycles. The van der Waals surface area contributed by atoms with Crippen LogP contribution in [0.5, 0.6) is 0 Å². The summed E-state index contributed by atoms with van der Waals surface area (Å²) in [7, 11) is 0. The van der Waals surface area contributed by atoms with Crippen molar-refractivity contribution in [3.63, 3.8) is 0 Å². The van der Waals surface area contributed by atoms with E-state index in [4.69, 9.17) is 0 Å². The van der Waals surface area contributed by atoms with Crippen molar-refractivity contribution >= 4 is 5.96 Å². The summed E-state index contributed by atoms with van der Waals surface area (Å²) in [6, 6.07) is 10.5. The lowest BCUT2D eigenvalue weighted by Crippen LogP contribution is -2.48. The fraction of sp³-hybridized carbons (Fsp3) is 0.550. The van der Waals surface area contributed by atoms with Gasteiger partial charge in [0, 0.05) is 38.6 Å². The number of likely N-dealkylation sites (tertiary alicyclic amines) is 1. The Balaban J connectivity index is 1.80. The van der Waals surface area contributed by atoms with Crippen molar-refractivity contribution in [1.82, 2.24) is 15.5 Å². The van der Waals surface area contributed by atoms with Crippen LogP contribution < -0.4 is 10.6 Å². The highest BCUT2D eigenvalue weighted by Gasteiger charge is 2.19. The van der Waals surface area contributed by atoms with Gasteiger partial charge in [0.05, 0.1) is 12.6 Å². The van der Waals surface area contributed by atoms with Crippen LogP contribution in [-0.4, -0.2) is 60.8 Å². The van der Waals surface area contributed by atoms with Gasteiger partial charge in [-0.25, -0.2) is 0 Å². The summed E-state index contributed by atoms with van der Waals surface area (Å²) in [5.74, 6) is 0.803. The monoisotopic (exact) mass is 344 g/mol. The van der Waals surface area contributed by atoms with Crippen LogP contribution in [0.25, 0.3) is 0 Å². The summed E-state index contributed by atoms with van der Waals surface area (Å²) in [6.45, 7) is 10.2. The molecule has 0 saturated carbocycles. The summed E-state index contributed by atoms with van der Waals surface area (Å²) in [5, 5.41) is 17.0. The van der Waals surface area contributed by atoms with Gasteiger partial charge in [0.25, 0.3) is 0 Å². The number of hydrogen-bond acceptors (Lipinski definition) is 3. The van der Waals surface area contributed by atoms with E-state index in [0.29, 0.717) is 19.0 Å². The summed E-state index contributed by atoms with van der Waals surface area (Å²) >= 11 is 0. The second-order valence-corrected chi connectivity index (χ2v) is 6.57. The van der Waals surface area contributed by atoms with Gasteiger partial charge in [0.15, 0.2) is 5.96 Å². The smallest absolute Gasteiger partial charge is 0.191 e. The van der Waals surface area contributed by atoms with E-state index in [2.05, 4.69) is 34.0 Å². The van der Waals surface area contributed by atoms with E-state index < -0.39 is 6.10 Å². The zero-order valence-electron chi connectivity index (χ0n) is 15.3. The Kier molecular flexibility index (Phi) is 8.49. The molecule has 0 radical (unpaired) electrons. The van der Waals surface area contributed by atoms with Crippen molar-refractivity contribution in [3.05, 3.63) is 48.6 Å². The van der Waals surface area contributed by atoms with Gasteiger partial charge in [-0.3, -0.25) is 9.89 Å².